The third-order valence-corrected chi connectivity index (χ3v) is 7.95. The summed E-state index contributed by atoms with van der Waals surface area (Å²) in [7, 11) is -2.35. The average molecular weight is 621 g/mol. The van der Waals surface area contributed by atoms with E-state index in [1.807, 2.05) is 7.05 Å². The van der Waals surface area contributed by atoms with E-state index < -0.39 is 44.2 Å². The summed E-state index contributed by atoms with van der Waals surface area (Å²) in [6.07, 6.45) is 7.21. The van der Waals surface area contributed by atoms with E-state index >= 15 is 0 Å². The number of aromatic nitrogens is 2. The Morgan fingerprint density at radius 1 is 0.951 bits per heavy atom. The molecule has 1 aromatic heterocycles. The van der Waals surface area contributed by atoms with E-state index in [4.69, 9.17) is 27.8 Å². The van der Waals surface area contributed by atoms with Gasteiger partial charge in [0.05, 0.1) is 42.8 Å². The number of hydrogen-bond acceptors (Lipinski definition) is 12. The topological polar surface area (TPSA) is 132 Å². The van der Waals surface area contributed by atoms with Crippen LogP contribution in [-0.4, -0.2) is 72.2 Å². The minimum atomic E-state index is -4.30. The highest BCUT2D eigenvalue weighted by atomic mass is 32.1. The van der Waals surface area contributed by atoms with Crippen LogP contribution in [0.15, 0.2) is 6.08 Å². The first-order valence-corrected chi connectivity index (χ1v) is 16.1. The van der Waals surface area contributed by atoms with Crippen LogP contribution in [0.4, 0.5) is 0 Å². The van der Waals surface area contributed by atoms with Crippen molar-refractivity contribution in [3.8, 4) is 5.88 Å². The van der Waals surface area contributed by atoms with Gasteiger partial charge >= 0.3 is 19.8 Å². The number of ether oxygens (including phenoxy) is 3. The predicted octanol–water partition coefficient (Wildman–Crippen LogP) is 5.94. The van der Waals surface area contributed by atoms with Crippen molar-refractivity contribution in [1.82, 2.24) is 8.75 Å². The predicted molar refractivity (Wildman–Crippen MR) is 155 cm³/mol. The van der Waals surface area contributed by atoms with Gasteiger partial charge < -0.3 is 14.2 Å². The molecular weight excluding hydrogens is 573 g/mol. The summed E-state index contributed by atoms with van der Waals surface area (Å²) in [5.74, 6) is -0.577. The molecule has 1 aliphatic rings. The summed E-state index contributed by atoms with van der Waals surface area (Å²) in [6, 6.07) is 0. The molecule has 0 radical (unpaired) electrons. The van der Waals surface area contributed by atoms with Crippen LogP contribution < -0.4 is 4.74 Å². The fourth-order valence-corrected chi connectivity index (χ4v) is 5.14. The van der Waals surface area contributed by atoms with Crippen LogP contribution in [0.3, 0.4) is 0 Å². The molecule has 14 heteroatoms. The minimum Gasteiger partial charge on any atom is -0.475 e. The first-order valence-electron chi connectivity index (χ1n) is 13.9. The van der Waals surface area contributed by atoms with Gasteiger partial charge in [-0.15, -0.1) is 4.37 Å². The molecule has 0 spiro atoms. The van der Waals surface area contributed by atoms with Gasteiger partial charge in [0.15, 0.2) is 6.73 Å². The van der Waals surface area contributed by atoms with Gasteiger partial charge in [0.2, 0.25) is 13.6 Å². The van der Waals surface area contributed by atoms with Crippen molar-refractivity contribution in [2.24, 2.45) is 10.8 Å². The van der Waals surface area contributed by atoms with E-state index in [0.717, 1.165) is 43.0 Å². The summed E-state index contributed by atoms with van der Waals surface area (Å²) in [4.78, 5) is 24.3. The van der Waals surface area contributed by atoms with Gasteiger partial charge in [0.1, 0.15) is 12.2 Å². The van der Waals surface area contributed by atoms with Crippen LogP contribution in [0.1, 0.15) is 86.3 Å². The fraction of sp³-hybridized carbons (Fsp3) is 0.778. The van der Waals surface area contributed by atoms with E-state index in [1.54, 1.807) is 41.5 Å². The second kappa shape index (κ2) is 15.5. The van der Waals surface area contributed by atoms with Gasteiger partial charge in [-0.3, -0.25) is 14.1 Å². The van der Waals surface area contributed by atoms with Crippen molar-refractivity contribution in [2.75, 3.05) is 47.1 Å². The maximum atomic E-state index is 13.5. The van der Waals surface area contributed by atoms with E-state index in [0.29, 0.717) is 35.8 Å². The van der Waals surface area contributed by atoms with Gasteiger partial charge in [-0.1, -0.05) is 32.3 Å². The average Bonchev–Trinajstić information content (AvgIpc) is 3.35. The molecule has 0 aromatic carbocycles. The Hall–Kier alpha value is -1.89. The Morgan fingerprint density at radius 3 is 2.12 bits per heavy atom. The Labute approximate surface area is 248 Å². The van der Waals surface area contributed by atoms with Crippen LogP contribution in [0.2, 0.25) is 0 Å². The molecule has 0 aliphatic carbocycles. The lowest BCUT2D eigenvalue weighted by atomic mass is 9.98. The maximum absolute atomic E-state index is 13.5. The van der Waals surface area contributed by atoms with Crippen LogP contribution in [-0.2, 0) is 37.2 Å². The molecule has 0 amide bonds. The standard InChI is InChI=1S/C27H47N3O9PS/c1-9-10-11-12-16-34-23-22(28-41-29-23)21-14-13-15-30(8,17-21)18-37-40(33,38-19-35-24(31)26(2,3)4)39-20-36-25(32)27(5,6)7/h14H,9-13,15-20H2,1-8H3/q+1. The first kappa shape index (κ1) is 35.3. The third-order valence-electron chi connectivity index (χ3n) is 6.16. The number of quaternary nitrogens is 1. The molecule has 1 aromatic rings. The van der Waals surface area contributed by atoms with Gasteiger partial charge in [0.25, 0.3) is 5.88 Å². The molecule has 1 aliphatic heterocycles. The molecule has 2 rings (SSSR count). The normalized spacial score (nSPS) is 18.1. The highest BCUT2D eigenvalue weighted by molar-refractivity contribution is 7.48. The maximum Gasteiger partial charge on any atom is 0.485 e. The van der Waals surface area contributed by atoms with E-state index in [9.17, 15) is 14.2 Å². The Balaban J connectivity index is 2.05. The smallest absolute Gasteiger partial charge is 0.475 e. The summed E-state index contributed by atoms with van der Waals surface area (Å²) < 4.78 is 55.1. The quantitative estimate of drug-likeness (QED) is 0.0715. The largest absolute Gasteiger partial charge is 0.485 e. The van der Waals surface area contributed by atoms with Crippen LogP contribution in [0, 0.1) is 10.8 Å². The lowest BCUT2D eigenvalue weighted by Crippen LogP contribution is -2.49. The summed E-state index contributed by atoms with van der Waals surface area (Å²) >= 11 is 1.10. The van der Waals surface area contributed by atoms with Crippen LogP contribution in [0.5, 0.6) is 5.88 Å². The highest BCUT2D eigenvalue weighted by Crippen LogP contribution is 2.50. The molecule has 0 N–H and O–H groups in total. The highest BCUT2D eigenvalue weighted by Gasteiger charge is 2.37. The summed E-state index contributed by atoms with van der Waals surface area (Å²) in [5, 5.41) is 0. The number of phosphoric acid groups is 1. The zero-order valence-corrected chi connectivity index (χ0v) is 27.4. The monoisotopic (exact) mass is 620 g/mol. The zero-order chi connectivity index (χ0) is 30.7. The number of hydrogen-bond donors (Lipinski definition) is 0. The molecule has 0 fully saturated rings. The zero-order valence-electron chi connectivity index (χ0n) is 25.7. The van der Waals surface area contributed by atoms with Gasteiger partial charge in [-0.25, -0.2) is 18.1 Å². The second-order valence-electron chi connectivity index (χ2n) is 12.4. The molecule has 1 unspecified atom stereocenters. The summed E-state index contributed by atoms with van der Waals surface area (Å²) in [6.45, 7) is 12.7. The van der Waals surface area contributed by atoms with Gasteiger partial charge in [0, 0.05) is 12.0 Å². The Kier molecular flexibility index (Phi) is 13.4. The number of carbonyl (C=O) groups excluding carboxylic acids is 2. The van der Waals surface area contributed by atoms with Crippen molar-refractivity contribution >= 4 is 37.1 Å². The Bertz CT molecular complexity index is 1040. The molecule has 0 saturated carbocycles. The lowest BCUT2D eigenvalue weighted by molar-refractivity contribution is -0.918. The number of carbonyl (C=O) groups is 2. The number of likely N-dealkylation sites (N-methyl/N-ethyl adjacent to an activating group) is 1. The number of esters is 2. The number of nitrogens with zero attached hydrogens (tertiary/aromatic N) is 3. The fourth-order valence-electron chi connectivity index (χ4n) is 3.60. The minimum absolute atomic E-state index is 0.0557. The van der Waals surface area contributed by atoms with Gasteiger partial charge in [-0.05, 0) is 48.0 Å². The summed E-state index contributed by atoms with van der Waals surface area (Å²) in [5.41, 5.74) is 0.0903. The van der Waals surface area contributed by atoms with Crippen molar-refractivity contribution in [3.05, 3.63) is 11.8 Å². The molecule has 12 nitrogen and oxygen atoms in total. The van der Waals surface area contributed by atoms with E-state index in [-0.39, 0.29) is 6.73 Å². The van der Waals surface area contributed by atoms with Crippen LogP contribution >= 0.6 is 19.6 Å². The molecular formula is C27H47N3O9PS+. The number of unbranched alkanes of at least 4 members (excludes halogenated alkanes) is 3. The van der Waals surface area contributed by atoms with E-state index in [1.165, 1.54) is 6.42 Å². The third kappa shape index (κ3) is 12.1. The first-order chi connectivity index (χ1) is 19.1. The van der Waals surface area contributed by atoms with Crippen LogP contribution in [0.25, 0.3) is 5.57 Å². The van der Waals surface area contributed by atoms with Crippen molar-refractivity contribution in [1.29, 1.82) is 0 Å². The SMILES string of the molecule is CCCCCCOc1nsnc1C1=CCC[N+](C)(COP(=O)(OCOC(=O)C(C)(C)C)OCOC(=O)C(C)(C)C)C1. The molecule has 0 bridgehead atoms. The van der Waals surface area contributed by atoms with Crippen molar-refractivity contribution < 1.29 is 46.4 Å². The van der Waals surface area contributed by atoms with E-state index in [2.05, 4.69) is 21.7 Å². The van der Waals surface area contributed by atoms with Crippen molar-refractivity contribution in [3.63, 3.8) is 0 Å². The molecule has 234 valence electrons. The molecule has 0 saturated heterocycles. The van der Waals surface area contributed by atoms with Gasteiger partial charge in [-0.2, -0.15) is 4.37 Å². The molecule has 2 heterocycles. The molecule has 1 atom stereocenters. The lowest BCUT2D eigenvalue weighted by Gasteiger charge is -2.37. The Morgan fingerprint density at radius 2 is 1.56 bits per heavy atom. The number of phosphoric ester groups is 1. The molecule has 41 heavy (non-hydrogen) atoms. The second-order valence-corrected chi connectivity index (χ2v) is 14.6. The van der Waals surface area contributed by atoms with Crippen molar-refractivity contribution in [2.45, 2.75) is 80.6 Å². The number of rotatable bonds is 16.